The zero-order valence-corrected chi connectivity index (χ0v) is 15.9. The monoisotopic (exact) mass is 377 g/mol. The molecule has 0 amide bonds. The summed E-state index contributed by atoms with van der Waals surface area (Å²) in [5.74, 6) is 0.722. The Morgan fingerprint density at radius 3 is 1.93 bits per heavy atom. The number of allylic oxidation sites excluding steroid dienone is 1. The smallest absolute Gasteiger partial charge is 0.123 e. The lowest BCUT2D eigenvalue weighted by atomic mass is 9.88. The Morgan fingerprint density at radius 2 is 1.39 bits per heavy atom. The minimum absolute atomic E-state index is 0.216. The second-order valence-corrected chi connectivity index (χ2v) is 6.42. The molecule has 0 fully saturated rings. The number of phenols is 1. The maximum atomic E-state index is 13.4. The maximum Gasteiger partial charge on any atom is 0.123 e. The van der Waals surface area contributed by atoms with E-state index in [2.05, 4.69) is 6.92 Å². The highest BCUT2D eigenvalue weighted by atomic mass is 19.1. The first kappa shape index (κ1) is 19.6. The largest absolute Gasteiger partial charge is 0.508 e. The van der Waals surface area contributed by atoms with Gasteiger partial charge in [0.25, 0.3) is 0 Å². The summed E-state index contributed by atoms with van der Waals surface area (Å²) >= 11 is 0. The number of phenolic OH excluding ortho intramolecular Hbond substituents is 1. The fraction of sp³-hybridized carbons (Fsp3) is 0.167. The first-order valence-electron chi connectivity index (χ1n) is 9.34. The van der Waals surface area contributed by atoms with Gasteiger partial charge in [0.15, 0.2) is 0 Å². The highest BCUT2D eigenvalue weighted by Gasteiger charge is 2.13. The number of rotatable bonds is 7. The zero-order valence-electron chi connectivity index (χ0n) is 15.9. The van der Waals surface area contributed by atoms with Crippen LogP contribution in [0.3, 0.4) is 0 Å². The Morgan fingerprint density at radius 1 is 0.857 bits per heavy atom. The second-order valence-electron chi connectivity index (χ2n) is 6.42. The molecule has 3 nitrogen and oxygen atoms in total. The number of benzene rings is 3. The van der Waals surface area contributed by atoms with Crippen LogP contribution >= 0.6 is 0 Å². The van der Waals surface area contributed by atoms with Gasteiger partial charge in [0.2, 0.25) is 0 Å². The Balaban J connectivity index is 2.13. The van der Waals surface area contributed by atoms with Crippen LogP contribution in [0.4, 0.5) is 4.39 Å². The second kappa shape index (κ2) is 9.20. The molecule has 4 heteroatoms. The SMILES string of the molecule is CC/C(=C(/c1ccc(O)cc1)c1ccc(OCCN)cc1)c1ccc(F)cc1. The van der Waals surface area contributed by atoms with Crippen LogP contribution in [0, 0.1) is 5.82 Å². The van der Waals surface area contributed by atoms with Gasteiger partial charge in [-0.25, -0.2) is 4.39 Å². The summed E-state index contributed by atoms with van der Waals surface area (Å²) in [7, 11) is 0. The highest BCUT2D eigenvalue weighted by molar-refractivity contribution is 5.98. The van der Waals surface area contributed by atoms with Crippen LogP contribution in [0.1, 0.15) is 30.0 Å². The maximum absolute atomic E-state index is 13.4. The lowest BCUT2D eigenvalue weighted by molar-refractivity contribution is 0.328. The quantitative estimate of drug-likeness (QED) is 0.554. The van der Waals surface area contributed by atoms with Crippen molar-refractivity contribution in [3.05, 3.63) is 95.3 Å². The molecular formula is C24H24FNO2. The topological polar surface area (TPSA) is 55.5 Å². The van der Waals surface area contributed by atoms with E-state index in [4.69, 9.17) is 10.5 Å². The fourth-order valence-corrected chi connectivity index (χ4v) is 3.21. The number of ether oxygens (including phenoxy) is 1. The van der Waals surface area contributed by atoms with Crippen LogP contribution < -0.4 is 10.5 Å². The van der Waals surface area contributed by atoms with Gasteiger partial charge in [-0.1, -0.05) is 43.3 Å². The van der Waals surface area contributed by atoms with Crippen LogP contribution in [0.15, 0.2) is 72.8 Å². The van der Waals surface area contributed by atoms with Crippen LogP contribution in [0.5, 0.6) is 11.5 Å². The van der Waals surface area contributed by atoms with Crippen LogP contribution in [-0.4, -0.2) is 18.3 Å². The molecule has 3 N–H and O–H groups in total. The van der Waals surface area contributed by atoms with E-state index >= 15 is 0 Å². The molecule has 0 aliphatic heterocycles. The van der Waals surface area contributed by atoms with Crippen molar-refractivity contribution in [2.45, 2.75) is 13.3 Å². The number of hydrogen-bond donors (Lipinski definition) is 2. The van der Waals surface area contributed by atoms with E-state index < -0.39 is 0 Å². The molecular weight excluding hydrogens is 353 g/mol. The van der Waals surface area contributed by atoms with Gasteiger partial charge in [-0.2, -0.15) is 0 Å². The lowest BCUT2D eigenvalue weighted by Gasteiger charge is -2.17. The predicted molar refractivity (Wildman–Crippen MR) is 112 cm³/mol. The minimum Gasteiger partial charge on any atom is -0.508 e. The first-order chi connectivity index (χ1) is 13.6. The average Bonchev–Trinajstić information content (AvgIpc) is 2.73. The van der Waals surface area contributed by atoms with E-state index in [1.807, 2.05) is 36.4 Å². The van der Waals surface area contributed by atoms with Crippen molar-refractivity contribution < 1.29 is 14.2 Å². The highest BCUT2D eigenvalue weighted by Crippen LogP contribution is 2.35. The number of halogens is 1. The van der Waals surface area contributed by atoms with Crippen molar-refractivity contribution >= 4 is 11.1 Å². The van der Waals surface area contributed by atoms with E-state index in [9.17, 15) is 9.50 Å². The third-order valence-corrected chi connectivity index (χ3v) is 4.53. The Labute approximate surface area is 164 Å². The molecule has 0 aliphatic carbocycles. The molecule has 0 saturated carbocycles. The van der Waals surface area contributed by atoms with Crippen molar-refractivity contribution in [2.24, 2.45) is 5.73 Å². The van der Waals surface area contributed by atoms with Crippen molar-refractivity contribution in [2.75, 3.05) is 13.2 Å². The molecule has 28 heavy (non-hydrogen) atoms. The summed E-state index contributed by atoms with van der Waals surface area (Å²) < 4.78 is 19.0. The van der Waals surface area contributed by atoms with Gasteiger partial charge < -0.3 is 15.6 Å². The third kappa shape index (κ3) is 4.59. The summed E-state index contributed by atoms with van der Waals surface area (Å²) in [5.41, 5.74) is 10.6. The van der Waals surface area contributed by atoms with Gasteiger partial charge in [0.05, 0.1) is 0 Å². The van der Waals surface area contributed by atoms with Gasteiger partial charge in [0.1, 0.15) is 23.9 Å². The van der Waals surface area contributed by atoms with E-state index in [1.165, 1.54) is 12.1 Å². The molecule has 0 radical (unpaired) electrons. The Kier molecular flexibility index (Phi) is 6.45. The molecule has 0 atom stereocenters. The molecule has 0 saturated heterocycles. The fourth-order valence-electron chi connectivity index (χ4n) is 3.21. The van der Waals surface area contributed by atoms with E-state index in [-0.39, 0.29) is 11.6 Å². The summed E-state index contributed by atoms with van der Waals surface area (Å²) in [6.45, 7) is 3.01. The van der Waals surface area contributed by atoms with Crippen molar-refractivity contribution in [3.63, 3.8) is 0 Å². The average molecular weight is 377 g/mol. The molecule has 0 unspecified atom stereocenters. The summed E-state index contributed by atoms with van der Waals surface area (Å²) in [6, 6.07) is 21.5. The summed E-state index contributed by atoms with van der Waals surface area (Å²) in [5, 5.41) is 9.69. The molecule has 144 valence electrons. The molecule has 3 rings (SSSR count). The predicted octanol–water partition coefficient (Wildman–Crippen LogP) is 5.24. The van der Waals surface area contributed by atoms with Crippen molar-refractivity contribution in [1.29, 1.82) is 0 Å². The number of nitrogens with two attached hydrogens (primary N) is 1. The van der Waals surface area contributed by atoms with Gasteiger partial charge >= 0.3 is 0 Å². The van der Waals surface area contributed by atoms with E-state index in [1.54, 1.807) is 24.3 Å². The molecule has 0 aromatic heterocycles. The third-order valence-electron chi connectivity index (χ3n) is 4.53. The Hall–Kier alpha value is -3.11. The number of aromatic hydroxyl groups is 1. The first-order valence-corrected chi connectivity index (χ1v) is 9.34. The van der Waals surface area contributed by atoms with Gasteiger partial charge in [-0.05, 0) is 70.7 Å². The number of hydrogen-bond acceptors (Lipinski definition) is 3. The van der Waals surface area contributed by atoms with Crippen molar-refractivity contribution in [1.82, 2.24) is 0 Å². The lowest BCUT2D eigenvalue weighted by Crippen LogP contribution is -2.10. The van der Waals surface area contributed by atoms with Crippen molar-refractivity contribution in [3.8, 4) is 11.5 Å². The van der Waals surface area contributed by atoms with Gasteiger partial charge in [-0.3, -0.25) is 0 Å². The minimum atomic E-state index is -0.258. The summed E-state index contributed by atoms with van der Waals surface area (Å²) in [4.78, 5) is 0. The molecule has 0 aliphatic rings. The van der Waals surface area contributed by atoms with Crippen LogP contribution in [0.2, 0.25) is 0 Å². The van der Waals surface area contributed by atoms with E-state index in [0.29, 0.717) is 13.2 Å². The molecule has 0 bridgehead atoms. The summed E-state index contributed by atoms with van der Waals surface area (Å²) in [6.07, 6.45) is 0.771. The molecule has 3 aromatic rings. The molecule has 0 heterocycles. The zero-order chi connectivity index (χ0) is 19.9. The van der Waals surface area contributed by atoms with Gasteiger partial charge in [-0.15, -0.1) is 0 Å². The molecule has 3 aromatic carbocycles. The standard InChI is InChI=1S/C24H24FNO2/c1-2-23(17-3-9-20(25)10-4-17)24(18-5-11-21(27)12-6-18)19-7-13-22(14-8-19)28-16-15-26/h3-14,27H,2,15-16,26H2,1H3/b24-23+. The van der Waals surface area contributed by atoms with E-state index in [0.717, 1.165) is 40.0 Å². The molecule has 0 spiro atoms. The normalized spacial score (nSPS) is 11.8. The Bertz CT molecular complexity index is 930. The van der Waals surface area contributed by atoms with Crippen LogP contribution in [-0.2, 0) is 0 Å². The van der Waals surface area contributed by atoms with Crippen LogP contribution in [0.25, 0.3) is 11.1 Å². The van der Waals surface area contributed by atoms with Gasteiger partial charge in [0, 0.05) is 6.54 Å².